The lowest BCUT2D eigenvalue weighted by molar-refractivity contribution is 0.0652. The highest BCUT2D eigenvalue weighted by Gasteiger charge is 2.35. The van der Waals surface area contributed by atoms with Crippen LogP contribution < -0.4 is 0 Å². The number of aliphatic hydroxyl groups is 1. The Bertz CT molecular complexity index is 228. The van der Waals surface area contributed by atoms with Crippen molar-refractivity contribution in [2.75, 3.05) is 0 Å². The molecule has 2 heteroatoms. The average molecular weight is 215 g/mol. The molecule has 0 spiro atoms. The molecule has 14 heavy (non-hydrogen) atoms. The maximum Gasteiger partial charge on any atom is 0.141 e. The van der Waals surface area contributed by atoms with Crippen molar-refractivity contribution in [3.63, 3.8) is 0 Å². The molecule has 0 bridgehead atoms. The van der Waals surface area contributed by atoms with Crippen LogP contribution in [0.4, 0.5) is 0 Å². The van der Waals surface area contributed by atoms with Crippen LogP contribution in [0.1, 0.15) is 51.9 Å². The van der Waals surface area contributed by atoms with Crippen molar-refractivity contribution in [2.24, 2.45) is 0 Å². The van der Waals surface area contributed by atoms with Gasteiger partial charge in [-0.25, -0.2) is 0 Å². The molecule has 0 aliphatic heterocycles. The minimum atomic E-state index is -0.909. The predicted octanol–water partition coefficient (Wildman–Crippen LogP) is 3.09. The number of hydrogen-bond acceptors (Lipinski definition) is 1. The molecule has 0 aromatic rings. The van der Waals surface area contributed by atoms with Crippen LogP contribution in [0.3, 0.4) is 0 Å². The molecule has 0 aromatic heterocycles. The van der Waals surface area contributed by atoms with E-state index in [2.05, 4.69) is 18.8 Å². The van der Waals surface area contributed by atoms with Crippen molar-refractivity contribution in [3.8, 4) is 11.8 Å². The van der Waals surface area contributed by atoms with Crippen LogP contribution in [0.15, 0.2) is 0 Å². The molecule has 1 nitrogen and oxygen atoms in total. The molecule has 0 amide bonds. The first-order valence-electron chi connectivity index (χ1n) is 5.55. The van der Waals surface area contributed by atoms with E-state index in [9.17, 15) is 5.11 Å². The summed E-state index contributed by atoms with van der Waals surface area (Å²) in [5, 5.41) is 9.96. The topological polar surface area (TPSA) is 20.2 Å². The van der Waals surface area contributed by atoms with Crippen LogP contribution in [0.2, 0.25) is 0 Å². The lowest BCUT2D eigenvalue weighted by Gasteiger charge is -2.31. The molecular weight excluding hydrogens is 196 g/mol. The minimum Gasteiger partial charge on any atom is -0.376 e. The largest absolute Gasteiger partial charge is 0.376 e. The normalized spacial score (nSPS) is 32.1. The van der Waals surface area contributed by atoms with E-state index in [4.69, 9.17) is 11.6 Å². The maximum absolute atomic E-state index is 10.1. The summed E-state index contributed by atoms with van der Waals surface area (Å²) in [6.45, 7) is 2.14. The Morgan fingerprint density at radius 3 is 2.93 bits per heavy atom. The Morgan fingerprint density at radius 2 is 2.29 bits per heavy atom. The molecule has 1 aliphatic rings. The summed E-state index contributed by atoms with van der Waals surface area (Å²) < 4.78 is 0. The van der Waals surface area contributed by atoms with E-state index in [1.165, 1.54) is 0 Å². The molecule has 0 saturated heterocycles. The zero-order valence-electron chi connectivity index (χ0n) is 8.85. The Labute approximate surface area is 91.8 Å². The van der Waals surface area contributed by atoms with E-state index >= 15 is 0 Å². The average Bonchev–Trinajstić information content (AvgIpc) is 2.18. The second-order valence-electron chi connectivity index (χ2n) is 4.04. The number of alkyl halides is 1. The second kappa shape index (κ2) is 5.63. The fourth-order valence-corrected chi connectivity index (χ4v) is 2.05. The van der Waals surface area contributed by atoms with E-state index in [0.29, 0.717) is 0 Å². The van der Waals surface area contributed by atoms with E-state index in [0.717, 1.165) is 44.9 Å². The van der Waals surface area contributed by atoms with Crippen molar-refractivity contribution in [1.29, 1.82) is 0 Å². The molecule has 0 heterocycles. The van der Waals surface area contributed by atoms with E-state index in [1.807, 2.05) is 0 Å². The molecule has 0 unspecified atom stereocenters. The van der Waals surface area contributed by atoms with Gasteiger partial charge in [0.1, 0.15) is 5.60 Å². The van der Waals surface area contributed by atoms with Gasteiger partial charge in [-0.05, 0) is 25.7 Å². The van der Waals surface area contributed by atoms with E-state index in [1.54, 1.807) is 0 Å². The van der Waals surface area contributed by atoms with Crippen LogP contribution in [0.5, 0.6) is 0 Å². The molecule has 1 saturated carbocycles. The zero-order valence-corrected chi connectivity index (χ0v) is 9.61. The highest BCUT2D eigenvalue weighted by Crippen LogP contribution is 2.31. The highest BCUT2D eigenvalue weighted by atomic mass is 35.5. The van der Waals surface area contributed by atoms with Gasteiger partial charge < -0.3 is 5.11 Å². The lowest BCUT2D eigenvalue weighted by Crippen LogP contribution is -2.40. The number of hydrogen-bond donors (Lipinski definition) is 1. The standard InChI is InChI=1S/C12H19ClO/c1-2-3-4-6-9-12(14)10-7-5-8-11(12)13/h11,14H,2-5,7-8,10H2,1H3/t11-,12+/m0/s1. The summed E-state index contributed by atoms with van der Waals surface area (Å²) in [6, 6.07) is 0. The molecule has 1 aliphatic carbocycles. The summed E-state index contributed by atoms with van der Waals surface area (Å²) >= 11 is 6.08. The molecule has 80 valence electrons. The number of unbranched alkanes of at least 4 members (excludes halogenated alkanes) is 2. The van der Waals surface area contributed by atoms with Gasteiger partial charge in [0.2, 0.25) is 0 Å². The van der Waals surface area contributed by atoms with Gasteiger partial charge in [-0.1, -0.05) is 25.7 Å². The smallest absolute Gasteiger partial charge is 0.141 e. The third-order valence-electron chi connectivity index (χ3n) is 2.74. The van der Waals surface area contributed by atoms with Crippen LogP contribution in [0.25, 0.3) is 0 Å². The fourth-order valence-electron chi connectivity index (χ4n) is 1.73. The van der Waals surface area contributed by atoms with Gasteiger partial charge in [0, 0.05) is 6.42 Å². The monoisotopic (exact) mass is 214 g/mol. The molecule has 0 radical (unpaired) electrons. The van der Waals surface area contributed by atoms with Crippen molar-refractivity contribution in [3.05, 3.63) is 0 Å². The van der Waals surface area contributed by atoms with Crippen LogP contribution in [0, 0.1) is 11.8 Å². The molecule has 1 rings (SSSR count). The van der Waals surface area contributed by atoms with E-state index < -0.39 is 5.60 Å². The van der Waals surface area contributed by atoms with Crippen LogP contribution in [-0.4, -0.2) is 16.1 Å². The Hall–Kier alpha value is -0.190. The fraction of sp³-hybridized carbons (Fsp3) is 0.833. The third-order valence-corrected chi connectivity index (χ3v) is 3.32. The molecule has 1 N–H and O–H groups in total. The van der Waals surface area contributed by atoms with Crippen molar-refractivity contribution >= 4 is 11.6 Å². The second-order valence-corrected chi connectivity index (χ2v) is 4.57. The highest BCUT2D eigenvalue weighted by molar-refractivity contribution is 6.21. The molecule has 2 atom stereocenters. The predicted molar refractivity (Wildman–Crippen MR) is 60.4 cm³/mol. The zero-order chi connectivity index (χ0) is 10.4. The lowest BCUT2D eigenvalue weighted by atomic mass is 9.85. The maximum atomic E-state index is 10.1. The SMILES string of the molecule is CCCCC#C[C@@]1(O)CCCC[C@@H]1Cl. The van der Waals surface area contributed by atoms with Gasteiger partial charge >= 0.3 is 0 Å². The van der Waals surface area contributed by atoms with Gasteiger partial charge in [0.05, 0.1) is 5.38 Å². The Morgan fingerprint density at radius 1 is 1.50 bits per heavy atom. The first-order valence-corrected chi connectivity index (χ1v) is 5.99. The van der Waals surface area contributed by atoms with Crippen molar-refractivity contribution < 1.29 is 5.11 Å². The first kappa shape index (κ1) is 11.9. The minimum absolute atomic E-state index is 0.176. The summed E-state index contributed by atoms with van der Waals surface area (Å²) in [4.78, 5) is 0. The Kier molecular flexibility index (Phi) is 4.78. The number of rotatable bonds is 2. The van der Waals surface area contributed by atoms with Crippen LogP contribution >= 0.6 is 11.6 Å². The van der Waals surface area contributed by atoms with Gasteiger partial charge in [-0.3, -0.25) is 0 Å². The quantitative estimate of drug-likeness (QED) is 0.426. The van der Waals surface area contributed by atoms with Gasteiger partial charge in [0.15, 0.2) is 0 Å². The summed E-state index contributed by atoms with van der Waals surface area (Å²) in [5.74, 6) is 6.00. The number of halogens is 1. The molecular formula is C12H19ClO. The van der Waals surface area contributed by atoms with Crippen molar-refractivity contribution in [1.82, 2.24) is 0 Å². The van der Waals surface area contributed by atoms with Crippen LogP contribution in [-0.2, 0) is 0 Å². The summed E-state index contributed by atoms with van der Waals surface area (Å²) in [5.41, 5.74) is -0.909. The third kappa shape index (κ3) is 3.19. The summed E-state index contributed by atoms with van der Waals surface area (Å²) in [6.07, 6.45) is 6.92. The summed E-state index contributed by atoms with van der Waals surface area (Å²) in [7, 11) is 0. The molecule has 0 aromatic carbocycles. The van der Waals surface area contributed by atoms with E-state index in [-0.39, 0.29) is 5.38 Å². The molecule has 1 fully saturated rings. The first-order chi connectivity index (χ1) is 6.69. The van der Waals surface area contributed by atoms with Gasteiger partial charge in [0.25, 0.3) is 0 Å². The van der Waals surface area contributed by atoms with Gasteiger partial charge in [-0.2, -0.15) is 0 Å². The van der Waals surface area contributed by atoms with Gasteiger partial charge in [-0.15, -0.1) is 17.5 Å². The van der Waals surface area contributed by atoms with Crippen molar-refractivity contribution in [2.45, 2.75) is 62.8 Å². The Balaban J connectivity index is 2.48.